The normalized spacial score (nSPS) is 39.5. The van der Waals surface area contributed by atoms with Gasteiger partial charge in [-0.3, -0.25) is 4.79 Å². The van der Waals surface area contributed by atoms with E-state index in [9.17, 15) is 4.79 Å². The second-order valence-electron chi connectivity index (χ2n) is 6.78. The Kier molecular flexibility index (Phi) is 3.89. The molecule has 1 aliphatic heterocycles. The Morgan fingerprint density at radius 2 is 2.05 bits per heavy atom. The Hall–Kier alpha value is -0.320. The van der Waals surface area contributed by atoms with Crippen LogP contribution in [0.3, 0.4) is 0 Å². The van der Waals surface area contributed by atoms with E-state index < -0.39 is 5.54 Å². The van der Waals surface area contributed by atoms with Gasteiger partial charge >= 0.3 is 0 Å². The number of rotatable bonds is 3. The van der Waals surface area contributed by atoms with E-state index in [0.717, 1.165) is 26.0 Å². The van der Waals surface area contributed by atoms with Crippen LogP contribution in [0.5, 0.6) is 0 Å². The lowest BCUT2D eigenvalue weighted by Gasteiger charge is -2.65. The van der Waals surface area contributed by atoms with Crippen molar-refractivity contribution in [3.8, 4) is 0 Å². The summed E-state index contributed by atoms with van der Waals surface area (Å²) in [4.78, 5) is 12.5. The lowest BCUT2D eigenvalue weighted by Crippen LogP contribution is -2.82. The number of ether oxygens (including phenoxy) is 1. The summed E-state index contributed by atoms with van der Waals surface area (Å²) in [5.74, 6) is 0.922. The second kappa shape index (κ2) is 4.90. The maximum Gasteiger partial charge on any atom is 0.241 e. The van der Waals surface area contributed by atoms with E-state index in [1.165, 1.54) is 12.8 Å². The van der Waals surface area contributed by atoms with Gasteiger partial charge in [0, 0.05) is 24.5 Å². The molecule has 0 spiro atoms. The fourth-order valence-electron chi connectivity index (χ4n) is 3.74. The predicted molar refractivity (Wildman–Crippen MR) is 76.1 cm³/mol. The van der Waals surface area contributed by atoms with Gasteiger partial charge in [-0.2, -0.15) is 0 Å². The molecule has 1 saturated heterocycles. The number of fused-ring (bicyclic) bond motifs is 1. The molecule has 3 fully saturated rings. The Balaban J connectivity index is 0.00000133. The number of hydrogen-bond acceptors (Lipinski definition) is 3. The maximum atomic E-state index is 12.5. The third-order valence-electron chi connectivity index (χ3n) is 5.31. The number of nitrogens with two attached hydrogens (primary N) is 1. The summed E-state index contributed by atoms with van der Waals surface area (Å²) < 4.78 is 5.82. The highest BCUT2D eigenvalue weighted by Crippen LogP contribution is 2.57. The van der Waals surface area contributed by atoms with Crippen LogP contribution in [0.1, 0.15) is 39.5 Å². The Morgan fingerprint density at radius 3 is 2.68 bits per heavy atom. The first-order chi connectivity index (χ1) is 8.48. The summed E-state index contributed by atoms with van der Waals surface area (Å²) in [5, 5.41) is 3.06. The molecule has 1 heterocycles. The van der Waals surface area contributed by atoms with Gasteiger partial charge in [0.05, 0.1) is 6.10 Å². The topological polar surface area (TPSA) is 64.3 Å². The summed E-state index contributed by atoms with van der Waals surface area (Å²) in [6.45, 7) is 5.74. The van der Waals surface area contributed by atoms with Crippen molar-refractivity contribution >= 4 is 18.3 Å². The van der Waals surface area contributed by atoms with Crippen molar-refractivity contribution in [3.63, 3.8) is 0 Å². The molecule has 2 saturated carbocycles. The van der Waals surface area contributed by atoms with E-state index >= 15 is 0 Å². The number of carbonyl (C=O) groups excluding carboxylic acids is 1. The van der Waals surface area contributed by atoms with Gasteiger partial charge in [-0.15, -0.1) is 12.4 Å². The van der Waals surface area contributed by atoms with Crippen LogP contribution in [0.2, 0.25) is 0 Å². The number of nitrogens with one attached hydrogen (secondary N) is 1. The molecule has 19 heavy (non-hydrogen) atoms. The SMILES string of the molecule is CC1(C)C2OCCCC2C1(N)C(=O)NCC1CC1.Cl. The molecule has 3 rings (SSSR count). The molecule has 0 radical (unpaired) electrons. The average molecular weight is 289 g/mol. The zero-order valence-corrected chi connectivity index (χ0v) is 12.6. The molecule has 3 aliphatic rings. The molecular formula is C14H25ClN2O2. The number of halogens is 1. The molecule has 2 aliphatic carbocycles. The maximum absolute atomic E-state index is 12.5. The van der Waals surface area contributed by atoms with E-state index in [-0.39, 0.29) is 35.8 Å². The summed E-state index contributed by atoms with van der Waals surface area (Å²) in [7, 11) is 0. The highest BCUT2D eigenvalue weighted by Gasteiger charge is 2.70. The van der Waals surface area contributed by atoms with Crippen molar-refractivity contribution in [1.82, 2.24) is 5.32 Å². The zero-order valence-electron chi connectivity index (χ0n) is 11.8. The monoisotopic (exact) mass is 288 g/mol. The molecule has 3 atom stereocenters. The van der Waals surface area contributed by atoms with Gasteiger partial charge in [-0.1, -0.05) is 13.8 Å². The second-order valence-corrected chi connectivity index (χ2v) is 6.78. The predicted octanol–water partition coefficient (Wildman–Crippen LogP) is 1.47. The highest BCUT2D eigenvalue weighted by molar-refractivity contribution is 5.89. The fraction of sp³-hybridized carbons (Fsp3) is 0.929. The molecule has 3 unspecified atom stereocenters. The first-order valence-electron chi connectivity index (χ1n) is 7.16. The van der Waals surface area contributed by atoms with Gasteiger partial charge < -0.3 is 15.8 Å². The van der Waals surface area contributed by atoms with E-state index in [2.05, 4.69) is 19.2 Å². The smallest absolute Gasteiger partial charge is 0.241 e. The molecule has 0 bridgehead atoms. The molecule has 110 valence electrons. The molecule has 5 heteroatoms. The minimum absolute atomic E-state index is 0. The number of amides is 1. The minimum Gasteiger partial charge on any atom is -0.377 e. The fourth-order valence-corrected chi connectivity index (χ4v) is 3.74. The Morgan fingerprint density at radius 1 is 1.37 bits per heavy atom. The molecule has 0 aromatic rings. The van der Waals surface area contributed by atoms with E-state index in [1.807, 2.05) is 0 Å². The lowest BCUT2D eigenvalue weighted by molar-refractivity contribution is -0.225. The minimum atomic E-state index is -0.743. The van der Waals surface area contributed by atoms with Crippen molar-refractivity contribution in [2.75, 3.05) is 13.2 Å². The summed E-state index contributed by atoms with van der Waals surface area (Å²) in [6, 6.07) is 0. The van der Waals surface area contributed by atoms with Gasteiger partial charge in [-0.25, -0.2) is 0 Å². The van der Waals surface area contributed by atoms with E-state index in [0.29, 0.717) is 5.92 Å². The summed E-state index contributed by atoms with van der Waals surface area (Å²) in [5.41, 5.74) is 5.49. The van der Waals surface area contributed by atoms with Gasteiger partial charge in [-0.05, 0) is 31.6 Å². The first-order valence-corrected chi connectivity index (χ1v) is 7.16. The largest absolute Gasteiger partial charge is 0.377 e. The van der Waals surface area contributed by atoms with Gasteiger partial charge in [0.2, 0.25) is 5.91 Å². The Bertz CT molecular complexity index is 370. The first kappa shape index (κ1) is 15.1. The third kappa shape index (κ3) is 2.08. The van der Waals surface area contributed by atoms with Crippen molar-refractivity contribution in [2.24, 2.45) is 23.0 Å². The van der Waals surface area contributed by atoms with Crippen molar-refractivity contribution in [1.29, 1.82) is 0 Å². The van der Waals surface area contributed by atoms with E-state index in [1.54, 1.807) is 0 Å². The van der Waals surface area contributed by atoms with Crippen LogP contribution in [-0.2, 0) is 9.53 Å². The van der Waals surface area contributed by atoms with Crippen LogP contribution < -0.4 is 11.1 Å². The van der Waals surface area contributed by atoms with E-state index in [4.69, 9.17) is 10.5 Å². The van der Waals surface area contributed by atoms with Crippen molar-refractivity contribution in [2.45, 2.75) is 51.2 Å². The molecule has 0 aromatic heterocycles. The molecular weight excluding hydrogens is 264 g/mol. The lowest BCUT2D eigenvalue weighted by atomic mass is 9.46. The van der Waals surface area contributed by atoms with Crippen LogP contribution in [0.4, 0.5) is 0 Å². The molecule has 1 amide bonds. The third-order valence-corrected chi connectivity index (χ3v) is 5.31. The van der Waals surface area contributed by atoms with Crippen LogP contribution in [0.25, 0.3) is 0 Å². The average Bonchev–Trinajstić information content (AvgIpc) is 3.19. The quantitative estimate of drug-likeness (QED) is 0.826. The molecule has 4 nitrogen and oxygen atoms in total. The standard InChI is InChI=1S/C14H24N2O2.ClH/c1-13(2)11-10(4-3-7-18-11)14(13,15)12(17)16-8-9-5-6-9;/h9-11H,3-8,15H2,1-2H3,(H,16,17);1H. The van der Waals surface area contributed by atoms with Gasteiger partial charge in [0.25, 0.3) is 0 Å². The Labute approximate surface area is 121 Å². The van der Waals surface area contributed by atoms with Crippen LogP contribution in [0, 0.1) is 17.3 Å². The zero-order chi connectivity index (χ0) is 13.0. The summed E-state index contributed by atoms with van der Waals surface area (Å²) >= 11 is 0. The van der Waals surface area contributed by atoms with Crippen molar-refractivity contribution < 1.29 is 9.53 Å². The van der Waals surface area contributed by atoms with Gasteiger partial charge in [0.15, 0.2) is 0 Å². The molecule has 0 aromatic carbocycles. The summed E-state index contributed by atoms with van der Waals surface area (Å²) in [6.07, 6.45) is 4.68. The number of carbonyl (C=O) groups is 1. The molecule has 3 N–H and O–H groups in total. The van der Waals surface area contributed by atoms with Crippen LogP contribution in [-0.4, -0.2) is 30.7 Å². The van der Waals surface area contributed by atoms with Gasteiger partial charge in [0.1, 0.15) is 5.54 Å². The van der Waals surface area contributed by atoms with Crippen LogP contribution in [0.15, 0.2) is 0 Å². The van der Waals surface area contributed by atoms with Crippen LogP contribution >= 0.6 is 12.4 Å². The number of hydrogen-bond donors (Lipinski definition) is 2. The van der Waals surface area contributed by atoms with Crippen molar-refractivity contribution in [3.05, 3.63) is 0 Å². The highest BCUT2D eigenvalue weighted by atomic mass is 35.5.